The minimum Gasteiger partial charge on any atom is -0.397 e. The highest BCUT2D eigenvalue weighted by atomic mass is 16.2. The predicted octanol–water partition coefficient (Wildman–Crippen LogP) is 1.61. The first kappa shape index (κ1) is 14.8. The Morgan fingerprint density at radius 1 is 1.50 bits per heavy atom. The maximum absolute atomic E-state index is 12.4. The number of anilines is 1. The summed E-state index contributed by atoms with van der Waals surface area (Å²) in [5, 5.41) is 0. The SMILES string of the molecule is CCCN1CCC(N(C)C(=O)c2ncccc2N)CC1. The molecule has 1 fully saturated rings. The molecule has 2 heterocycles. The first-order chi connectivity index (χ1) is 9.63. The van der Waals surface area contributed by atoms with Crippen molar-refractivity contribution in [1.82, 2.24) is 14.8 Å². The van der Waals surface area contributed by atoms with E-state index in [1.165, 1.54) is 6.42 Å². The molecule has 0 spiro atoms. The molecule has 20 heavy (non-hydrogen) atoms. The van der Waals surface area contributed by atoms with Crippen LogP contribution in [0.25, 0.3) is 0 Å². The van der Waals surface area contributed by atoms with E-state index in [1.807, 2.05) is 11.9 Å². The van der Waals surface area contributed by atoms with Gasteiger partial charge >= 0.3 is 0 Å². The van der Waals surface area contributed by atoms with Crippen LogP contribution in [0, 0.1) is 0 Å². The lowest BCUT2D eigenvalue weighted by Gasteiger charge is -2.36. The quantitative estimate of drug-likeness (QED) is 0.907. The number of carbonyl (C=O) groups is 1. The molecule has 5 heteroatoms. The molecule has 2 N–H and O–H groups in total. The molecule has 0 radical (unpaired) electrons. The third kappa shape index (κ3) is 3.28. The van der Waals surface area contributed by atoms with E-state index in [2.05, 4.69) is 16.8 Å². The van der Waals surface area contributed by atoms with Crippen LogP contribution in [-0.2, 0) is 0 Å². The second-order valence-electron chi connectivity index (χ2n) is 5.43. The number of likely N-dealkylation sites (tertiary alicyclic amines) is 1. The summed E-state index contributed by atoms with van der Waals surface area (Å²) in [7, 11) is 1.86. The van der Waals surface area contributed by atoms with Gasteiger partial charge in [0.1, 0.15) is 0 Å². The van der Waals surface area contributed by atoms with Crippen molar-refractivity contribution in [1.29, 1.82) is 0 Å². The number of piperidine rings is 1. The Kier molecular flexibility index (Phi) is 4.95. The van der Waals surface area contributed by atoms with Crippen LogP contribution in [0.3, 0.4) is 0 Å². The minimum atomic E-state index is -0.0722. The van der Waals surface area contributed by atoms with Gasteiger partial charge in [-0.3, -0.25) is 4.79 Å². The minimum absolute atomic E-state index is 0.0722. The van der Waals surface area contributed by atoms with E-state index in [0.29, 0.717) is 11.4 Å². The van der Waals surface area contributed by atoms with Gasteiger partial charge in [-0.2, -0.15) is 0 Å². The lowest BCUT2D eigenvalue weighted by molar-refractivity contribution is 0.0638. The van der Waals surface area contributed by atoms with E-state index in [0.717, 1.165) is 32.5 Å². The fourth-order valence-electron chi connectivity index (χ4n) is 2.78. The Hall–Kier alpha value is -1.62. The Bertz CT molecular complexity index is 455. The molecule has 1 aromatic rings. The first-order valence-electron chi connectivity index (χ1n) is 7.33. The molecular formula is C15H24N4O. The van der Waals surface area contributed by atoms with Gasteiger partial charge in [0, 0.05) is 32.4 Å². The summed E-state index contributed by atoms with van der Waals surface area (Å²) < 4.78 is 0. The fraction of sp³-hybridized carbons (Fsp3) is 0.600. The summed E-state index contributed by atoms with van der Waals surface area (Å²) in [6, 6.07) is 3.75. The molecule has 110 valence electrons. The van der Waals surface area contributed by atoms with Gasteiger partial charge < -0.3 is 15.5 Å². The largest absolute Gasteiger partial charge is 0.397 e. The monoisotopic (exact) mass is 276 g/mol. The summed E-state index contributed by atoms with van der Waals surface area (Å²) in [5.41, 5.74) is 6.65. The number of carbonyl (C=O) groups excluding carboxylic acids is 1. The molecular weight excluding hydrogens is 252 g/mol. The molecule has 0 aromatic carbocycles. The van der Waals surface area contributed by atoms with Crippen LogP contribution >= 0.6 is 0 Å². The van der Waals surface area contributed by atoms with E-state index < -0.39 is 0 Å². The maximum atomic E-state index is 12.4. The summed E-state index contributed by atoms with van der Waals surface area (Å²) in [6.07, 6.45) is 4.84. The van der Waals surface area contributed by atoms with E-state index in [1.54, 1.807) is 18.3 Å². The van der Waals surface area contributed by atoms with Gasteiger partial charge in [-0.15, -0.1) is 0 Å². The highest BCUT2D eigenvalue weighted by Crippen LogP contribution is 2.19. The zero-order chi connectivity index (χ0) is 14.5. The van der Waals surface area contributed by atoms with E-state index >= 15 is 0 Å². The second kappa shape index (κ2) is 6.70. The molecule has 2 rings (SSSR count). The predicted molar refractivity (Wildman–Crippen MR) is 80.5 cm³/mol. The summed E-state index contributed by atoms with van der Waals surface area (Å²) >= 11 is 0. The molecule has 1 amide bonds. The third-order valence-electron chi connectivity index (χ3n) is 4.01. The molecule has 1 aliphatic heterocycles. The molecule has 0 atom stereocenters. The van der Waals surface area contributed by atoms with Crippen molar-refractivity contribution < 1.29 is 4.79 Å². The van der Waals surface area contributed by atoms with Crippen molar-refractivity contribution in [3.05, 3.63) is 24.0 Å². The third-order valence-corrected chi connectivity index (χ3v) is 4.01. The molecule has 0 saturated carbocycles. The average Bonchev–Trinajstić information content (AvgIpc) is 2.47. The Balaban J connectivity index is 1.97. The number of nitrogens with zero attached hydrogens (tertiary/aromatic N) is 3. The van der Waals surface area contributed by atoms with Crippen molar-refractivity contribution in [2.45, 2.75) is 32.2 Å². The van der Waals surface area contributed by atoms with Crippen LogP contribution in [0.15, 0.2) is 18.3 Å². The number of nitrogen functional groups attached to an aromatic ring is 1. The number of hydrogen-bond acceptors (Lipinski definition) is 4. The standard InChI is InChI=1S/C15H24N4O/c1-3-9-19-10-6-12(7-11-19)18(2)15(20)14-13(16)5-4-8-17-14/h4-5,8,12H,3,6-7,9-11,16H2,1-2H3. The summed E-state index contributed by atoms with van der Waals surface area (Å²) in [6.45, 7) is 5.48. The molecule has 1 aromatic heterocycles. The number of aromatic nitrogens is 1. The van der Waals surface area contributed by atoms with E-state index in [-0.39, 0.29) is 11.9 Å². The molecule has 0 aliphatic carbocycles. The van der Waals surface area contributed by atoms with Crippen molar-refractivity contribution in [2.24, 2.45) is 0 Å². The molecule has 0 unspecified atom stereocenters. The van der Waals surface area contributed by atoms with Crippen molar-refractivity contribution >= 4 is 11.6 Å². The van der Waals surface area contributed by atoms with Crippen molar-refractivity contribution in [3.63, 3.8) is 0 Å². The van der Waals surface area contributed by atoms with Crippen LogP contribution < -0.4 is 5.73 Å². The van der Waals surface area contributed by atoms with Crippen LogP contribution in [0.5, 0.6) is 0 Å². The second-order valence-corrected chi connectivity index (χ2v) is 5.43. The van der Waals surface area contributed by atoms with E-state index in [4.69, 9.17) is 5.73 Å². The highest BCUT2D eigenvalue weighted by molar-refractivity contribution is 5.97. The number of amides is 1. The normalized spacial score (nSPS) is 17.1. The van der Waals surface area contributed by atoms with Gasteiger partial charge in [0.2, 0.25) is 0 Å². The van der Waals surface area contributed by atoms with Gasteiger partial charge in [-0.25, -0.2) is 4.98 Å². The van der Waals surface area contributed by atoms with Gasteiger partial charge in [0.25, 0.3) is 5.91 Å². The number of hydrogen-bond donors (Lipinski definition) is 1. The van der Waals surface area contributed by atoms with Crippen LogP contribution in [-0.4, -0.2) is 53.4 Å². The van der Waals surface area contributed by atoms with Crippen LogP contribution in [0.1, 0.15) is 36.7 Å². The lowest BCUT2D eigenvalue weighted by Crippen LogP contribution is -2.46. The average molecular weight is 276 g/mol. The first-order valence-corrected chi connectivity index (χ1v) is 7.33. The number of nitrogens with two attached hydrogens (primary N) is 1. The Morgan fingerprint density at radius 3 is 2.80 bits per heavy atom. The zero-order valence-electron chi connectivity index (χ0n) is 12.4. The number of rotatable bonds is 4. The molecule has 1 saturated heterocycles. The molecule has 1 aliphatic rings. The Labute approximate surface area is 120 Å². The maximum Gasteiger partial charge on any atom is 0.274 e. The van der Waals surface area contributed by atoms with Crippen molar-refractivity contribution in [3.8, 4) is 0 Å². The fourth-order valence-corrected chi connectivity index (χ4v) is 2.78. The van der Waals surface area contributed by atoms with Gasteiger partial charge in [0.15, 0.2) is 5.69 Å². The smallest absolute Gasteiger partial charge is 0.274 e. The van der Waals surface area contributed by atoms with Gasteiger partial charge in [0.05, 0.1) is 5.69 Å². The van der Waals surface area contributed by atoms with Gasteiger partial charge in [-0.05, 0) is 37.9 Å². The van der Waals surface area contributed by atoms with E-state index in [9.17, 15) is 4.79 Å². The lowest BCUT2D eigenvalue weighted by atomic mass is 10.0. The summed E-state index contributed by atoms with van der Waals surface area (Å²) in [4.78, 5) is 20.8. The highest BCUT2D eigenvalue weighted by Gasteiger charge is 2.26. The van der Waals surface area contributed by atoms with Crippen LogP contribution in [0.2, 0.25) is 0 Å². The number of pyridine rings is 1. The molecule has 0 bridgehead atoms. The van der Waals surface area contributed by atoms with Crippen molar-refractivity contribution in [2.75, 3.05) is 32.4 Å². The van der Waals surface area contributed by atoms with Gasteiger partial charge in [-0.1, -0.05) is 6.92 Å². The molecule has 5 nitrogen and oxygen atoms in total. The Morgan fingerprint density at radius 2 is 2.20 bits per heavy atom. The van der Waals surface area contributed by atoms with Crippen LogP contribution in [0.4, 0.5) is 5.69 Å². The summed E-state index contributed by atoms with van der Waals surface area (Å²) in [5.74, 6) is -0.0722. The topological polar surface area (TPSA) is 62.5 Å². The zero-order valence-corrected chi connectivity index (χ0v) is 12.4.